The lowest BCUT2D eigenvalue weighted by atomic mass is 10.1. The number of aryl methyl sites for hydroxylation is 1. The van der Waals surface area contributed by atoms with Crippen molar-refractivity contribution in [1.29, 1.82) is 0 Å². The predicted molar refractivity (Wildman–Crippen MR) is 71.3 cm³/mol. The topological polar surface area (TPSA) is 67.2 Å². The van der Waals surface area contributed by atoms with Crippen molar-refractivity contribution in [3.8, 4) is 0 Å². The summed E-state index contributed by atoms with van der Waals surface area (Å²) in [7, 11) is 0. The molecule has 0 radical (unpaired) electrons. The number of carbonyl (C=O) groups is 1. The SMILES string of the molecule is Cc1cnn(CC(=O)NCC(O)c2ccc(F)cc2F)c1. The van der Waals surface area contributed by atoms with Crippen LogP contribution in [-0.2, 0) is 11.3 Å². The molecule has 2 aromatic rings. The summed E-state index contributed by atoms with van der Waals surface area (Å²) >= 11 is 0. The molecule has 0 fully saturated rings. The maximum absolute atomic E-state index is 13.4. The second kappa shape index (κ2) is 6.45. The number of amides is 1. The smallest absolute Gasteiger partial charge is 0.241 e. The van der Waals surface area contributed by atoms with Gasteiger partial charge in [-0.25, -0.2) is 8.78 Å². The van der Waals surface area contributed by atoms with Crippen molar-refractivity contribution in [1.82, 2.24) is 15.1 Å². The Balaban J connectivity index is 1.88. The lowest BCUT2D eigenvalue weighted by molar-refractivity contribution is -0.122. The largest absolute Gasteiger partial charge is 0.386 e. The number of halogens is 2. The Labute approximate surface area is 120 Å². The second-order valence-corrected chi connectivity index (χ2v) is 4.70. The normalized spacial score (nSPS) is 12.2. The maximum atomic E-state index is 13.4. The fourth-order valence-electron chi connectivity index (χ4n) is 1.85. The zero-order valence-corrected chi connectivity index (χ0v) is 11.4. The zero-order valence-electron chi connectivity index (χ0n) is 11.4. The molecule has 0 spiro atoms. The van der Waals surface area contributed by atoms with Crippen LogP contribution in [0.2, 0.25) is 0 Å². The van der Waals surface area contributed by atoms with Gasteiger partial charge >= 0.3 is 0 Å². The van der Waals surface area contributed by atoms with E-state index in [1.54, 1.807) is 12.4 Å². The van der Waals surface area contributed by atoms with Crippen molar-refractivity contribution in [2.75, 3.05) is 6.54 Å². The molecule has 1 aromatic heterocycles. The van der Waals surface area contributed by atoms with Gasteiger partial charge in [0.15, 0.2) is 0 Å². The first-order valence-corrected chi connectivity index (χ1v) is 6.34. The third-order valence-electron chi connectivity index (χ3n) is 2.88. The molecule has 0 bridgehead atoms. The molecule has 0 aliphatic rings. The summed E-state index contributed by atoms with van der Waals surface area (Å²) in [5.41, 5.74) is 0.864. The van der Waals surface area contributed by atoms with Crippen molar-refractivity contribution in [2.24, 2.45) is 0 Å². The molecule has 0 saturated carbocycles. The second-order valence-electron chi connectivity index (χ2n) is 4.70. The first-order chi connectivity index (χ1) is 9.95. The van der Waals surface area contributed by atoms with Gasteiger partial charge in [-0.1, -0.05) is 6.07 Å². The van der Waals surface area contributed by atoms with Gasteiger partial charge in [-0.2, -0.15) is 5.10 Å². The fraction of sp³-hybridized carbons (Fsp3) is 0.286. The monoisotopic (exact) mass is 295 g/mol. The van der Waals surface area contributed by atoms with Crippen LogP contribution >= 0.6 is 0 Å². The van der Waals surface area contributed by atoms with E-state index in [4.69, 9.17) is 0 Å². The van der Waals surface area contributed by atoms with E-state index in [0.29, 0.717) is 6.07 Å². The number of aliphatic hydroxyl groups is 1. The van der Waals surface area contributed by atoms with Crippen LogP contribution in [0.15, 0.2) is 30.6 Å². The van der Waals surface area contributed by atoms with E-state index < -0.39 is 17.7 Å². The van der Waals surface area contributed by atoms with Gasteiger partial charge < -0.3 is 10.4 Å². The molecule has 2 rings (SSSR count). The fourth-order valence-corrected chi connectivity index (χ4v) is 1.85. The van der Waals surface area contributed by atoms with Gasteiger partial charge in [-0.3, -0.25) is 9.48 Å². The minimum atomic E-state index is -1.24. The van der Waals surface area contributed by atoms with E-state index in [1.165, 1.54) is 4.68 Å². The van der Waals surface area contributed by atoms with Gasteiger partial charge in [0.25, 0.3) is 0 Å². The highest BCUT2D eigenvalue weighted by molar-refractivity contribution is 5.75. The molecule has 1 unspecified atom stereocenters. The van der Waals surface area contributed by atoms with Crippen molar-refractivity contribution in [3.63, 3.8) is 0 Å². The number of carbonyl (C=O) groups excluding carboxylic acids is 1. The summed E-state index contributed by atoms with van der Waals surface area (Å²) in [6.45, 7) is 1.69. The summed E-state index contributed by atoms with van der Waals surface area (Å²) in [4.78, 5) is 11.7. The lowest BCUT2D eigenvalue weighted by Gasteiger charge is -2.13. The van der Waals surface area contributed by atoms with E-state index in [1.807, 2.05) is 6.92 Å². The van der Waals surface area contributed by atoms with E-state index in [-0.39, 0.29) is 24.6 Å². The van der Waals surface area contributed by atoms with Gasteiger partial charge in [0, 0.05) is 24.4 Å². The highest BCUT2D eigenvalue weighted by atomic mass is 19.1. The Kier molecular flexibility index (Phi) is 4.64. The van der Waals surface area contributed by atoms with Crippen LogP contribution in [0.1, 0.15) is 17.2 Å². The Morgan fingerprint density at radius 1 is 1.48 bits per heavy atom. The number of hydrogen-bond donors (Lipinski definition) is 2. The maximum Gasteiger partial charge on any atom is 0.241 e. The molecule has 0 aliphatic heterocycles. The Morgan fingerprint density at radius 3 is 2.86 bits per heavy atom. The molecule has 21 heavy (non-hydrogen) atoms. The number of nitrogens with zero attached hydrogens (tertiary/aromatic N) is 2. The zero-order chi connectivity index (χ0) is 15.4. The molecule has 1 heterocycles. The van der Waals surface area contributed by atoms with Gasteiger partial charge in [-0.15, -0.1) is 0 Å². The Bertz CT molecular complexity index is 643. The molecule has 1 aromatic carbocycles. The summed E-state index contributed by atoms with van der Waals surface area (Å²) in [6.07, 6.45) is 2.08. The molecular formula is C14H15F2N3O2. The van der Waals surface area contributed by atoms with Crippen molar-refractivity contribution in [3.05, 3.63) is 53.4 Å². The number of aliphatic hydroxyl groups excluding tert-OH is 1. The standard InChI is InChI=1S/C14H15F2N3O2/c1-9-5-18-19(7-9)8-14(21)17-6-13(20)11-3-2-10(15)4-12(11)16/h2-5,7,13,20H,6,8H2,1H3,(H,17,21). The highest BCUT2D eigenvalue weighted by Gasteiger charge is 2.14. The van der Waals surface area contributed by atoms with Crippen LogP contribution in [-0.4, -0.2) is 27.3 Å². The Morgan fingerprint density at radius 2 is 2.24 bits per heavy atom. The van der Waals surface area contributed by atoms with E-state index >= 15 is 0 Å². The molecule has 5 nitrogen and oxygen atoms in total. The van der Waals surface area contributed by atoms with Crippen LogP contribution in [0.3, 0.4) is 0 Å². The number of rotatable bonds is 5. The Hall–Kier alpha value is -2.28. The number of nitrogens with one attached hydrogen (secondary N) is 1. The summed E-state index contributed by atoms with van der Waals surface area (Å²) in [5.74, 6) is -1.93. The molecule has 1 amide bonds. The van der Waals surface area contributed by atoms with Crippen LogP contribution in [0.25, 0.3) is 0 Å². The minimum Gasteiger partial charge on any atom is -0.386 e. The predicted octanol–water partition coefficient (Wildman–Crippen LogP) is 1.32. The van der Waals surface area contributed by atoms with E-state index in [2.05, 4.69) is 10.4 Å². The molecule has 0 aliphatic carbocycles. The van der Waals surface area contributed by atoms with Crippen molar-refractivity contribution >= 4 is 5.91 Å². The van der Waals surface area contributed by atoms with Crippen LogP contribution in [0, 0.1) is 18.6 Å². The van der Waals surface area contributed by atoms with Gasteiger partial charge in [-0.05, 0) is 18.6 Å². The van der Waals surface area contributed by atoms with Crippen LogP contribution in [0.5, 0.6) is 0 Å². The average molecular weight is 295 g/mol. The third-order valence-corrected chi connectivity index (χ3v) is 2.88. The minimum absolute atomic E-state index is 0.00641. The lowest BCUT2D eigenvalue weighted by Crippen LogP contribution is -2.31. The molecule has 112 valence electrons. The van der Waals surface area contributed by atoms with Gasteiger partial charge in [0.05, 0.1) is 12.3 Å². The summed E-state index contributed by atoms with van der Waals surface area (Å²) in [5, 5.41) is 16.2. The van der Waals surface area contributed by atoms with Crippen molar-refractivity contribution < 1.29 is 18.7 Å². The quantitative estimate of drug-likeness (QED) is 0.874. The summed E-state index contributed by atoms with van der Waals surface area (Å²) in [6, 6.07) is 2.89. The number of benzene rings is 1. The van der Waals surface area contributed by atoms with Crippen molar-refractivity contribution in [2.45, 2.75) is 19.6 Å². The van der Waals surface area contributed by atoms with E-state index in [9.17, 15) is 18.7 Å². The van der Waals surface area contributed by atoms with Gasteiger partial charge in [0.1, 0.15) is 18.2 Å². The van der Waals surface area contributed by atoms with Crippen LogP contribution < -0.4 is 5.32 Å². The molecular weight excluding hydrogens is 280 g/mol. The molecule has 0 saturated heterocycles. The number of aromatic nitrogens is 2. The third kappa shape index (κ3) is 4.09. The molecule has 7 heteroatoms. The highest BCUT2D eigenvalue weighted by Crippen LogP contribution is 2.17. The van der Waals surface area contributed by atoms with Crippen LogP contribution in [0.4, 0.5) is 8.78 Å². The first kappa shape index (κ1) is 15.1. The molecule has 1 atom stereocenters. The number of hydrogen-bond acceptors (Lipinski definition) is 3. The van der Waals surface area contributed by atoms with Gasteiger partial charge in [0.2, 0.25) is 5.91 Å². The average Bonchev–Trinajstić information content (AvgIpc) is 2.81. The first-order valence-electron chi connectivity index (χ1n) is 6.34. The molecule has 2 N–H and O–H groups in total. The van der Waals surface area contributed by atoms with E-state index in [0.717, 1.165) is 17.7 Å². The summed E-state index contributed by atoms with van der Waals surface area (Å²) < 4.78 is 27.7.